The molecule has 0 unspecified atom stereocenters. The predicted molar refractivity (Wildman–Crippen MR) is 121 cm³/mol. The lowest BCUT2D eigenvalue weighted by molar-refractivity contribution is -0.189. The van der Waals surface area contributed by atoms with Crippen LogP contribution in [0, 0.1) is 5.92 Å². The van der Waals surface area contributed by atoms with Gasteiger partial charge in [-0.05, 0) is 61.0 Å². The SMILES string of the molecule is [3H]c1cc(C[C@H](C)NC(=O)OCc2ccncc2)c(C(=O)NCCC(C)C)c([3H])c1OC(=O)C(F)(F)F. The Morgan fingerprint density at radius 2 is 1.83 bits per heavy atom. The van der Waals surface area contributed by atoms with Gasteiger partial charge >= 0.3 is 18.2 Å². The normalized spacial score (nSPS) is 12.9. The number of esters is 1. The number of carbonyl (C=O) groups is 3. The van der Waals surface area contributed by atoms with Crippen LogP contribution in [0.25, 0.3) is 0 Å². The number of amides is 2. The van der Waals surface area contributed by atoms with Crippen LogP contribution in [0.3, 0.4) is 0 Å². The van der Waals surface area contributed by atoms with Crippen LogP contribution in [0.1, 0.15) is 51.4 Å². The highest BCUT2D eigenvalue weighted by Gasteiger charge is 2.41. The van der Waals surface area contributed by atoms with E-state index < -0.39 is 48.0 Å². The number of hydrogen-bond acceptors (Lipinski definition) is 6. The molecule has 35 heavy (non-hydrogen) atoms. The molecule has 1 heterocycles. The van der Waals surface area contributed by atoms with Crippen molar-refractivity contribution in [2.45, 2.75) is 52.4 Å². The largest absolute Gasteiger partial charge is 0.491 e. The maximum atomic E-state index is 12.9. The summed E-state index contributed by atoms with van der Waals surface area (Å²) in [6, 6.07) is 2.18. The van der Waals surface area contributed by atoms with Crippen LogP contribution in [0.2, 0.25) is 0 Å². The van der Waals surface area contributed by atoms with E-state index in [2.05, 4.69) is 20.4 Å². The highest BCUT2D eigenvalue weighted by atomic mass is 19.4. The van der Waals surface area contributed by atoms with E-state index in [-0.39, 0.29) is 36.6 Å². The summed E-state index contributed by atoms with van der Waals surface area (Å²) < 4.78 is 63.8. The fourth-order valence-corrected chi connectivity index (χ4v) is 2.84. The number of aromatic nitrogens is 1. The van der Waals surface area contributed by atoms with Gasteiger partial charge in [-0.2, -0.15) is 13.2 Å². The first kappa shape index (κ1) is 24.5. The number of nitrogens with one attached hydrogen (secondary N) is 2. The van der Waals surface area contributed by atoms with Crippen molar-refractivity contribution < 1.29 is 39.8 Å². The maximum Gasteiger partial charge on any atom is 0.491 e. The number of pyridine rings is 1. The number of rotatable bonds is 10. The molecule has 1 atom stereocenters. The van der Waals surface area contributed by atoms with Gasteiger partial charge < -0.3 is 20.1 Å². The summed E-state index contributed by atoms with van der Waals surface area (Å²) in [4.78, 5) is 40.3. The standard InChI is InChI=1S/C24H28F3N3O5/c1-15(2)6-11-29-21(31)20-13-19(35-22(32)24(25,26)27)5-4-18(20)12-16(3)30-23(33)34-14-17-7-9-28-10-8-17/h4-5,7-10,13,15-16H,6,11-12,14H2,1-3H3,(H,29,31)(H,30,33)/t16-/m0/s1/i5T,13T. The third-order valence-electron chi connectivity index (χ3n) is 4.61. The third kappa shape index (κ3) is 9.63. The summed E-state index contributed by atoms with van der Waals surface area (Å²) in [6.45, 7) is 5.65. The minimum atomic E-state index is -5.35. The average Bonchev–Trinajstić information content (AvgIpc) is 2.79. The minimum Gasteiger partial charge on any atom is -0.445 e. The highest BCUT2D eigenvalue weighted by Crippen LogP contribution is 2.23. The summed E-state index contributed by atoms with van der Waals surface area (Å²) in [7, 11) is 0. The van der Waals surface area contributed by atoms with Crippen LogP contribution >= 0.6 is 0 Å². The second-order valence-corrected chi connectivity index (χ2v) is 8.15. The summed E-state index contributed by atoms with van der Waals surface area (Å²) >= 11 is 0. The van der Waals surface area contributed by atoms with Gasteiger partial charge in [0.1, 0.15) is 12.4 Å². The number of nitrogens with zero attached hydrogens (tertiary/aromatic N) is 1. The van der Waals surface area contributed by atoms with Crippen molar-refractivity contribution in [3.05, 3.63) is 59.4 Å². The van der Waals surface area contributed by atoms with Gasteiger partial charge in [0.05, 0.1) is 2.74 Å². The Hall–Kier alpha value is -3.63. The Morgan fingerprint density at radius 1 is 1.14 bits per heavy atom. The van der Waals surface area contributed by atoms with E-state index in [9.17, 15) is 27.6 Å². The molecule has 0 aliphatic carbocycles. The Kier molecular flexibility index (Phi) is 8.91. The summed E-state index contributed by atoms with van der Waals surface area (Å²) in [6.07, 6.45) is -2.50. The molecule has 0 radical (unpaired) electrons. The van der Waals surface area contributed by atoms with Crippen LogP contribution in [0.5, 0.6) is 5.75 Å². The van der Waals surface area contributed by atoms with Crippen LogP contribution < -0.4 is 15.4 Å². The van der Waals surface area contributed by atoms with Gasteiger partial charge in [-0.3, -0.25) is 9.78 Å². The summed E-state index contributed by atoms with van der Waals surface area (Å²) in [5, 5.41) is 5.16. The van der Waals surface area contributed by atoms with Crippen LogP contribution in [0.15, 0.2) is 42.7 Å². The molecule has 190 valence electrons. The molecule has 0 aliphatic heterocycles. The van der Waals surface area contributed by atoms with Crippen molar-refractivity contribution in [1.29, 1.82) is 0 Å². The lowest BCUT2D eigenvalue weighted by Gasteiger charge is -2.17. The van der Waals surface area contributed by atoms with E-state index in [1.807, 2.05) is 13.8 Å². The van der Waals surface area contributed by atoms with E-state index in [4.69, 9.17) is 7.48 Å². The monoisotopic (exact) mass is 499 g/mol. The number of carbonyl (C=O) groups excluding carboxylic acids is 3. The first-order valence-electron chi connectivity index (χ1n) is 11.8. The van der Waals surface area contributed by atoms with Crippen molar-refractivity contribution in [3.8, 4) is 5.75 Å². The van der Waals surface area contributed by atoms with Gasteiger partial charge in [0.15, 0.2) is 0 Å². The Bertz CT molecular complexity index is 1120. The number of alkyl halides is 3. The molecular formula is C24H28F3N3O5. The van der Waals surface area contributed by atoms with E-state index >= 15 is 0 Å². The lowest BCUT2D eigenvalue weighted by Crippen LogP contribution is -2.35. The minimum absolute atomic E-state index is 0.0163. The highest BCUT2D eigenvalue weighted by molar-refractivity contribution is 5.96. The predicted octanol–water partition coefficient (Wildman–Crippen LogP) is 4.18. The topological polar surface area (TPSA) is 107 Å². The molecule has 1 aromatic heterocycles. The molecular weight excluding hydrogens is 467 g/mol. The quantitative estimate of drug-likeness (QED) is 0.375. The first-order valence-corrected chi connectivity index (χ1v) is 10.8. The van der Waals surface area contributed by atoms with Crippen LogP contribution in [0.4, 0.5) is 18.0 Å². The molecule has 0 saturated carbocycles. The molecule has 0 spiro atoms. The first-order chi connectivity index (χ1) is 17.3. The fourth-order valence-electron chi connectivity index (χ4n) is 2.84. The van der Waals surface area contributed by atoms with Crippen LogP contribution in [-0.4, -0.2) is 41.7 Å². The molecule has 2 N–H and O–H groups in total. The van der Waals surface area contributed by atoms with E-state index in [0.717, 1.165) is 6.07 Å². The van der Waals surface area contributed by atoms with Crippen molar-refractivity contribution in [1.82, 2.24) is 15.6 Å². The molecule has 2 rings (SSSR count). The lowest BCUT2D eigenvalue weighted by atomic mass is 9.99. The maximum absolute atomic E-state index is 12.9. The van der Waals surface area contributed by atoms with Gasteiger partial charge in [-0.15, -0.1) is 0 Å². The smallest absolute Gasteiger partial charge is 0.445 e. The number of halogens is 3. The van der Waals surface area contributed by atoms with Gasteiger partial charge in [0.2, 0.25) is 0 Å². The molecule has 11 heteroatoms. The van der Waals surface area contributed by atoms with Crippen molar-refractivity contribution in [2.75, 3.05) is 6.54 Å². The zero-order chi connectivity index (χ0) is 27.8. The average molecular weight is 500 g/mol. The second kappa shape index (κ2) is 12.7. The number of hydrogen-bond donors (Lipinski definition) is 2. The van der Waals surface area contributed by atoms with Crippen molar-refractivity contribution >= 4 is 18.0 Å². The van der Waals surface area contributed by atoms with Crippen molar-refractivity contribution in [2.24, 2.45) is 5.92 Å². The zero-order valence-corrected chi connectivity index (χ0v) is 19.5. The van der Waals surface area contributed by atoms with Gasteiger partial charge in [0.25, 0.3) is 5.91 Å². The van der Waals surface area contributed by atoms with Gasteiger partial charge in [0, 0.05) is 30.5 Å². The van der Waals surface area contributed by atoms with E-state index in [1.54, 1.807) is 31.5 Å². The molecule has 2 aromatic rings. The molecule has 8 nitrogen and oxygen atoms in total. The Balaban J connectivity index is 2.25. The molecule has 0 aliphatic rings. The molecule has 0 bridgehead atoms. The Labute approximate surface area is 204 Å². The molecule has 0 saturated heterocycles. The summed E-state index contributed by atoms with van der Waals surface area (Å²) in [5.41, 5.74) is 0.453. The Morgan fingerprint density at radius 3 is 2.46 bits per heavy atom. The zero-order valence-electron chi connectivity index (χ0n) is 21.5. The van der Waals surface area contributed by atoms with Crippen LogP contribution in [-0.2, 0) is 22.6 Å². The van der Waals surface area contributed by atoms with Gasteiger partial charge in [-0.1, -0.05) is 19.9 Å². The second-order valence-electron chi connectivity index (χ2n) is 8.15. The third-order valence-corrected chi connectivity index (χ3v) is 4.61. The molecule has 2 amide bonds. The van der Waals surface area contributed by atoms with Gasteiger partial charge in [-0.25, -0.2) is 9.59 Å². The number of ether oxygens (including phenoxy) is 2. The van der Waals surface area contributed by atoms with Crippen molar-refractivity contribution in [3.63, 3.8) is 0 Å². The fraction of sp³-hybridized carbons (Fsp3) is 0.417. The molecule has 1 aromatic carbocycles. The number of benzene rings is 1. The number of alkyl carbamates (subject to hydrolysis) is 1. The van der Waals surface area contributed by atoms with E-state index in [1.165, 1.54) is 0 Å². The molecule has 0 fully saturated rings. The summed E-state index contributed by atoms with van der Waals surface area (Å²) in [5.74, 6) is -4.13. The van der Waals surface area contributed by atoms with E-state index in [0.29, 0.717) is 12.0 Å².